The minimum atomic E-state index is -0.220. The fourth-order valence-electron chi connectivity index (χ4n) is 2.16. The summed E-state index contributed by atoms with van der Waals surface area (Å²) in [5.41, 5.74) is 0.810. The van der Waals surface area contributed by atoms with Crippen LogP contribution >= 0.6 is 0 Å². The zero-order chi connectivity index (χ0) is 14.8. The molecule has 3 rings (SSSR count). The summed E-state index contributed by atoms with van der Waals surface area (Å²) in [5, 5.41) is 0.531. The van der Waals surface area contributed by atoms with Crippen LogP contribution in [0.1, 0.15) is 0 Å². The van der Waals surface area contributed by atoms with Crippen LogP contribution in [0.5, 0.6) is 11.5 Å². The summed E-state index contributed by atoms with van der Waals surface area (Å²) in [6.45, 7) is 0. The number of methoxy groups -OCH3 is 2. The number of ether oxygens (including phenoxy) is 2. The van der Waals surface area contributed by atoms with Crippen LogP contribution in [0.3, 0.4) is 0 Å². The fraction of sp³-hybridized carbons (Fsp3) is 0.133. The Bertz CT molecular complexity index is 858. The smallest absolute Gasteiger partial charge is 0.259 e. The molecule has 0 unspecified atom stereocenters. The van der Waals surface area contributed by atoms with Gasteiger partial charge < -0.3 is 14.5 Å². The zero-order valence-electron chi connectivity index (χ0n) is 11.6. The third-order valence-corrected chi connectivity index (χ3v) is 3.13. The zero-order valence-corrected chi connectivity index (χ0v) is 11.6. The van der Waals surface area contributed by atoms with Gasteiger partial charge in [0.1, 0.15) is 0 Å². The summed E-state index contributed by atoms with van der Waals surface area (Å²) in [6, 6.07) is 8.81. The second-order valence-electron chi connectivity index (χ2n) is 4.33. The molecule has 0 radical (unpaired) electrons. The first-order valence-electron chi connectivity index (χ1n) is 6.31. The van der Waals surface area contributed by atoms with Gasteiger partial charge in [-0.1, -0.05) is 12.1 Å². The second-order valence-corrected chi connectivity index (χ2v) is 4.33. The van der Waals surface area contributed by atoms with Crippen LogP contribution in [0, 0.1) is 0 Å². The molecule has 0 fully saturated rings. The molecule has 0 aliphatic heterocycles. The topological polar surface area (TPSA) is 77.1 Å². The summed E-state index contributed by atoms with van der Waals surface area (Å²) in [6.07, 6.45) is 1.58. The van der Waals surface area contributed by atoms with Gasteiger partial charge in [-0.25, -0.2) is 9.97 Å². The number of aromatic amines is 1. The van der Waals surface area contributed by atoms with Crippen molar-refractivity contribution in [3.63, 3.8) is 0 Å². The molecule has 0 spiro atoms. The largest absolute Gasteiger partial charge is 0.493 e. The molecule has 0 saturated carbocycles. The van der Waals surface area contributed by atoms with Crippen molar-refractivity contribution in [3.05, 3.63) is 46.9 Å². The first-order chi connectivity index (χ1) is 10.2. The van der Waals surface area contributed by atoms with E-state index in [0.29, 0.717) is 33.9 Å². The van der Waals surface area contributed by atoms with E-state index in [1.165, 1.54) is 14.2 Å². The van der Waals surface area contributed by atoms with E-state index in [-0.39, 0.29) is 5.56 Å². The number of hydrogen-bond acceptors (Lipinski definition) is 5. The molecule has 0 aliphatic carbocycles. The molecule has 3 aromatic rings. The molecular formula is C15H13N3O3. The van der Waals surface area contributed by atoms with Gasteiger partial charge in [0, 0.05) is 12.3 Å². The molecule has 0 bridgehead atoms. The molecule has 0 saturated heterocycles. The Labute approximate surface area is 120 Å². The highest BCUT2D eigenvalue weighted by atomic mass is 16.5. The van der Waals surface area contributed by atoms with Crippen molar-refractivity contribution >= 4 is 10.9 Å². The van der Waals surface area contributed by atoms with Gasteiger partial charge >= 0.3 is 0 Å². The maximum atomic E-state index is 12.1. The van der Waals surface area contributed by atoms with Crippen LogP contribution in [0.4, 0.5) is 0 Å². The van der Waals surface area contributed by atoms with Crippen LogP contribution in [-0.4, -0.2) is 29.2 Å². The minimum absolute atomic E-state index is 0.220. The quantitative estimate of drug-likeness (QED) is 0.795. The van der Waals surface area contributed by atoms with Crippen LogP contribution in [-0.2, 0) is 0 Å². The summed E-state index contributed by atoms with van der Waals surface area (Å²) in [4.78, 5) is 23.5. The van der Waals surface area contributed by atoms with Crippen LogP contribution in [0.25, 0.3) is 22.4 Å². The third kappa shape index (κ3) is 2.20. The number of hydrogen-bond donors (Lipinski definition) is 1. The normalized spacial score (nSPS) is 10.6. The highest BCUT2D eigenvalue weighted by Gasteiger charge is 2.16. The van der Waals surface area contributed by atoms with Gasteiger partial charge in [0.05, 0.1) is 25.1 Å². The van der Waals surface area contributed by atoms with Gasteiger partial charge in [0.2, 0.25) is 0 Å². The van der Waals surface area contributed by atoms with Crippen molar-refractivity contribution in [3.8, 4) is 23.0 Å². The van der Waals surface area contributed by atoms with E-state index in [9.17, 15) is 4.79 Å². The predicted molar refractivity (Wildman–Crippen MR) is 78.7 cm³/mol. The first kappa shape index (κ1) is 13.1. The fourth-order valence-corrected chi connectivity index (χ4v) is 2.16. The number of pyridine rings is 1. The van der Waals surface area contributed by atoms with Crippen molar-refractivity contribution in [2.24, 2.45) is 0 Å². The lowest BCUT2D eigenvalue weighted by Crippen LogP contribution is -2.10. The van der Waals surface area contributed by atoms with E-state index in [4.69, 9.17) is 9.47 Å². The first-order valence-corrected chi connectivity index (χ1v) is 6.31. The Balaban J connectivity index is 2.28. The van der Waals surface area contributed by atoms with Crippen LogP contribution < -0.4 is 15.0 Å². The Kier molecular flexibility index (Phi) is 3.27. The molecule has 0 amide bonds. The van der Waals surface area contributed by atoms with Crippen molar-refractivity contribution < 1.29 is 9.47 Å². The summed E-state index contributed by atoms with van der Waals surface area (Å²) >= 11 is 0. The molecule has 2 aromatic heterocycles. The molecule has 0 aliphatic rings. The molecule has 6 nitrogen and oxygen atoms in total. The highest BCUT2D eigenvalue weighted by Crippen LogP contribution is 2.34. The van der Waals surface area contributed by atoms with Gasteiger partial charge in [-0.05, 0) is 12.1 Å². The average molecular weight is 283 g/mol. The monoisotopic (exact) mass is 283 g/mol. The van der Waals surface area contributed by atoms with E-state index in [1.807, 2.05) is 6.07 Å². The molecule has 6 heteroatoms. The van der Waals surface area contributed by atoms with Crippen LogP contribution in [0.15, 0.2) is 41.3 Å². The number of nitrogens with one attached hydrogen (secondary N) is 1. The Morgan fingerprint density at radius 1 is 1.10 bits per heavy atom. The van der Waals surface area contributed by atoms with E-state index >= 15 is 0 Å². The molecule has 106 valence electrons. The van der Waals surface area contributed by atoms with Crippen molar-refractivity contribution in [2.45, 2.75) is 0 Å². The third-order valence-electron chi connectivity index (χ3n) is 3.13. The van der Waals surface area contributed by atoms with Crippen molar-refractivity contribution in [1.82, 2.24) is 15.0 Å². The molecule has 1 N–H and O–H groups in total. The van der Waals surface area contributed by atoms with Gasteiger partial charge in [0.15, 0.2) is 23.0 Å². The Hall–Kier alpha value is -2.89. The summed E-state index contributed by atoms with van der Waals surface area (Å²) < 4.78 is 10.6. The maximum absolute atomic E-state index is 12.1. The number of fused-ring (bicyclic) bond motifs is 1. The Morgan fingerprint density at radius 2 is 1.90 bits per heavy atom. The number of nitrogens with zero attached hydrogens (tertiary/aromatic N) is 2. The SMILES string of the molecule is COc1ccnc(-c2nc3ccccc3c(=O)[nH]2)c1OC. The average Bonchev–Trinajstić information content (AvgIpc) is 2.54. The highest BCUT2D eigenvalue weighted by molar-refractivity contribution is 5.79. The lowest BCUT2D eigenvalue weighted by atomic mass is 10.2. The van der Waals surface area contributed by atoms with E-state index < -0.39 is 0 Å². The molecule has 1 aromatic carbocycles. The van der Waals surface area contributed by atoms with Crippen molar-refractivity contribution in [1.29, 1.82) is 0 Å². The molecule has 21 heavy (non-hydrogen) atoms. The van der Waals surface area contributed by atoms with Gasteiger partial charge in [0.25, 0.3) is 5.56 Å². The lowest BCUT2D eigenvalue weighted by Gasteiger charge is -2.11. The number of H-pyrrole nitrogens is 1. The van der Waals surface area contributed by atoms with E-state index in [0.717, 1.165) is 0 Å². The summed E-state index contributed by atoms with van der Waals surface area (Å²) in [5.74, 6) is 1.30. The number of benzene rings is 1. The number of rotatable bonds is 3. The molecule has 2 heterocycles. The minimum Gasteiger partial charge on any atom is -0.493 e. The predicted octanol–water partition coefficient (Wildman–Crippen LogP) is 2.00. The second kappa shape index (κ2) is 5.24. The standard InChI is InChI=1S/C15H13N3O3/c1-20-11-7-8-16-12(13(11)21-2)14-17-10-6-4-3-5-9(10)15(19)18-14/h3-8H,1-2H3,(H,17,18,19). The van der Waals surface area contributed by atoms with Gasteiger partial charge in [-0.2, -0.15) is 0 Å². The molecular weight excluding hydrogens is 270 g/mol. The number of aromatic nitrogens is 3. The van der Waals surface area contributed by atoms with E-state index in [2.05, 4.69) is 15.0 Å². The Morgan fingerprint density at radius 3 is 2.67 bits per heavy atom. The maximum Gasteiger partial charge on any atom is 0.259 e. The lowest BCUT2D eigenvalue weighted by molar-refractivity contribution is 0.354. The number of para-hydroxylation sites is 1. The van der Waals surface area contributed by atoms with Gasteiger partial charge in [-0.15, -0.1) is 0 Å². The summed E-state index contributed by atoms with van der Waals surface area (Å²) in [7, 11) is 3.06. The van der Waals surface area contributed by atoms with E-state index in [1.54, 1.807) is 30.5 Å². The molecule has 0 atom stereocenters. The van der Waals surface area contributed by atoms with Crippen molar-refractivity contribution in [2.75, 3.05) is 14.2 Å². The van der Waals surface area contributed by atoms with Crippen LogP contribution in [0.2, 0.25) is 0 Å². The van der Waals surface area contributed by atoms with Gasteiger partial charge in [-0.3, -0.25) is 4.79 Å².